The van der Waals surface area contributed by atoms with Crippen LogP contribution in [0.5, 0.6) is 11.5 Å². The van der Waals surface area contributed by atoms with E-state index < -0.39 is 102 Å². The van der Waals surface area contributed by atoms with Crippen LogP contribution in [0.3, 0.4) is 0 Å². The van der Waals surface area contributed by atoms with E-state index >= 15 is 0 Å². The molecule has 0 radical (unpaired) electrons. The van der Waals surface area contributed by atoms with Crippen molar-refractivity contribution >= 4 is 38.4 Å². The monoisotopic (exact) mass is 1700 g/mol. The number of aromatic nitrogens is 6. The molecule has 0 aliphatic heterocycles. The van der Waals surface area contributed by atoms with Crippen molar-refractivity contribution in [3.05, 3.63) is 257 Å². The molecule has 0 bridgehead atoms. The molecule has 0 aliphatic rings. The van der Waals surface area contributed by atoms with Crippen LogP contribution < -0.4 is 86.7 Å². The third-order valence-corrected chi connectivity index (χ3v) is 12.1. The van der Waals surface area contributed by atoms with Gasteiger partial charge in [-0.3, -0.25) is 80.2 Å². The second kappa shape index (κ2) is 50.7. The summed E-state index contributed by atoms with van der Waals surface area (Å²) in [6, 6.07) is 38.7. The molecule has 0 amide bonds. The Bertz CT molecular complexity index is 3450. The van der Waals surface area contributed by atoms with Gasteiger partial charge in [-0.2, -0.15) is 0 Å². The van der Waals surface area contributed by atoms with Gasteiger partial charge in [0.2, 0.25) is 11.5 Å². The van der Waals surface area contributed by atoms with E-state index in [2.05, 4.69) is 59.4 Å². The van der Waals surface area contributed by atoms with Gasteiger partial charge in [0.25, 0.3) is 11.4 Å². The number of benzene rings is 2. The molecule has 0 aliphatic carbocycles. The molecule has 0 unspecified atom stereocenters. The Morgan fingerprint density at radius 3 is 0.824 bits per heavy atom. The zero-order valence-corrected chi connectivity index (χ0v) is 68.2. The standard InChI is InChI=1S/2C21H24N5O.2C6H5N2O8P.2ClHO4.4Zn/c2*27-21(14-22-13-18-7-1-4-10-23-18)17-26(15-19-8-2-5-11-24-19)16-20-9-3-6-12-25-20;2*9-7(10)4-1-2-6(16-17(13,14)15)5(3-4)8(11)12;2*2-1(3,4)5;;;;/h2*1-12,21-22H,13-17H2;2*1-3H,(H2,13,14,15);2*(H,2,3,4,5);;;;/q2*-1;;;;;4*+2/p-6/t2*21-;;;;;;;;/m10......../s1. The summed E-state index contributed by atoms with van der Waals surface area (Å²) in [5.74, 6) is -1.73. The summed E-state index contributed by atoms with van der Waals surface area (Å²) in [4.78, 5) is 109. The number of halogens is 2. The maximum absolute atomic E-state index is 12.5. The number of hydrogen-bond donors (Lipinski definition) is 2. The predicted octanol–water partition coefficient (Wildman–Crippen LogP) is -7.32. The Labute approximate surface area is 634 Å². The van der Waals surface area contributed by atoms with Crippen molar-refractivity contribution in [2.24, 2.45) is 0 Å². The Balaban J connectivity index is 0. The quantitative estimate of drug-likeness (QED) is 0.0199. The van der Waals surface area contributed by atoms with E-state index in [9.17, 15) is 79.4 Å². The molecule has 40 nitrogen and oxygen atoms in total. The number of hydrogen-bond acceptors (Lipinski definition) is 36. The molecule has 8 rings (SSSR count). The van der Waals surface area contributed by atoms with Gasteiger partial charge in [-0.25, -0.2) is 37.3 Å². The third kappa shape index (κ3) is 47.6. The van der Waals surface area contributed by atoms with E-state index in [1.807, 2.05) is 109 Å². The normalized spacial score (nSPS) is 11.3. The Kier molecular flexibility index (Phi) is 48.4. The molecule has 2 aromatic carbocycles. The number of nitro groups is 4. The molecular weight excluding hydrogens is 1660 g/mol. The van der Waals surface area contributed by atoms with Gasteiger partial charge in [0.1, 0.15) is 15.6 Å². The topological polar surface area (TPSA) is 656 Å². The van der Waals surface area contributed by atoms with Crippen molar-refractivity contribution in [2.45, 2.75) is 51.5 Å². The first-order valence-corrected chi connectivity index (χ1v) is 32.5. The number of nitro benzene ring substituents is 4. The van der Waals surface area contributed by atoms with Crippen molar-refractivity contribution in [1.82, 2.24) is 50.3 Å². The molecule has 0 saturated heterocycles. The van der Waals surface area contributed by atoms with Crippen LogP contribution in [0, 0.1) is 60.9 Å². The van der Waals surface area contributed by atoms with Crippen molar-refractivity contribution in [3.8, 4) is 11.5 Å². The van der Waals surface area contributed by atoms with Crippen LogP contribution in [0.4, 0.5) is 22.7 Å². The summed E-state index contributed by atoms with van der Waals surface area (Å²) in [6.45, 7) is 5.29. The van der Waals surface area contributed by atoms with Crippen LogP contribution >= 0.6 is 15.6 Å². The van der Waals surface area contributed by atoms with Crippen molar-refractivity contribution < 1.29 is 203 Å². The van der Waals surface area contributed by atoms with Gasteiger partial charge in [-0.1, -0.05) is 36.4 Å². The van der Waals surface area contributed by atoms with Gasteiger partial charge in [-0.15, -0.1) is 32.7 Å². The molecule has 6 aromatic heterocycles. The first-order valence-electron chi connectivity index (χ1n) is 27.1. The molecule has 48 heteroatoms. The largest absolute Gasteiger partial charge is 2.00 e. The van der Waals surface area contributed by atoms with Gasteiger partial charge in [0.15, 0.2) is 0 Å². The van der Waals surface area contributed by atoms with E-state index in [0.717, 1.165) is 46.3 Å². The smallest absolute Gasteiger partial charge is 0.850 e. The molecule has 6 heterocycles. The number of phosphoric ester groups is 2. The number of nitrogens with one attached hydrogen (secondary N) is 2. The minimum Gasteiger partial charge on any atom is -0.850 e. The third-order valence-electron chi connectivity index (χ3n) is 11.3. The van der Waals surface area contributed by atoms with Gasteiger partial charge in [0, 0.05) is 88.6 Å². The van der Waals surface area contributed by atoms with Gasteiger partial charge < -0.3 is 58.6 Å². The molecular formula is C54H54Cl2N14O26P2Zn4. The molecule has 0 spiro atoms. The summed E-state index contributed by atoms with van der Waals surface area (Å²) in [5, 5.41) is 73.1. The van der Waals surface area contributed by atoms with Crippen molar-refractivity contribution in [2.75, 3.05) is 26.2 Å². The summed E-state index contributed by atoms with van der Waals surface area (Å²) >= 11 is 0. The summed E-state index contributed by atoms with van der Waals surface area (Å²) < 4.78 is 96.1. The van der Waals surface area contributed by atoms with Gasteiger partial charge >= 0.3 is 89.3 Å². The molecule has 0 saturated carbocycles. The predicted molar refractivity (Wildman–Crippen MR) is 301 cm³/mol. The van der Waals surface area contributed by atoms with Crippen molar-refractivity contribution in [3.63, 3.8) is 0 Å². The average molecular weight is 1710 g/mol. The summed E-state index contributed by atoms with van der Waals surface area (Å²) in [7, 11) is -20.8. The fourth-order valence-electron chi connectivity index (χ4n) is 7.61. The zero-order valence-electron chi connectivity index (χ0n) is 53.0. The molecule has 528 valence electrons. The average Bonchev–Trinajstić information content (AvgIpc) is 0.835. The van der Waals surface area contributed by atoms with E-state index in [-0.39, 0.29) is 77.9 Å². The zero-order chi connectivity index (χ0) is 72.9. The molecule has 102 heavy (non-hydrogen) atoms. The first-order chi connectivity index (χ1) is 46.0. The van der Waals surface area contributed by atoms with E-state index in [1.165, 1.54) is 0 Å². The van der Waals surface area contributed by atoms with Crippen LogP contribution in [-0.2, 0) is 126 Å². The fraction of sp³-hybridized carbons (Fsp3) is 0.222. The number of pyridine rings is 6. The molecule has 2 atom stereocenters. The molecule has 8 aromatic rings. The molecule has 2 N–H and O–H groups in total. The first kappa shape index (κ1) is 97.4. The maximum atomic E-state index is 12.5. The second-order valence-electron chi connectivity index (χ2n) is 18.9. The molecule has 0 fully saturated rings. The Hall–Kier alpha value is -6.65. The second-order valence-corrected chi connectivity index (χ2v) is 22.6. The summed E-state index contributed by atoms with van der Waals surface area (Å²) in [5.41, 5.74) is 2.43. The van der Waals surface area contributed by atoms with Crippen LogP contribution in [0.1, 0.15) is 34.2 Å². The van der Waals surface area contributed by atoms with Crippen LogP contribution in [0.15, 0.2) is 183 Å². The summed E-state index contributed by atoms with van der Waals surface area (Å²) in [6.07, 6.45) is 9.12. The Morgan fingerprint density at radius 1 is 0.392 bits per heavy atom. The van der Waals surface area contributed by atoms with E-state index in [4.69, 9.17) is 37.3 Å². The minimum absolute atomic E-state index is 0. The van der Waals surface area contributed by atoms with Crippen LogP contribution in [-0.4, -0.2) is 97.8 Å². The van der Waals surface area contributed by atoms with Crippen molar-refractivity contribution in [1.29, 1.82) is 0 Å². The van der Waals surface area contributed by atoms with Gasteiger partial charge in [-0.05, 0) is 111 Å². The number of nitrogens with zero attached hydrogens (tertiary/aromatic N) is 12. The number of rotatable bonds is 28. The van der Waals surface area contributed by atoms with Gasteiger partial charge in [0.05, 0.1) is 66.0 Å². The number of non-ortho nitro benzene ring substituents is 2. The maximum Gasteiger partial charge on any atom is 2.00 e. The fourth-order valence-corrected chi connectivity index (χ4v) is 8.40. The van der Waals surface area contributed by atoms with E-state index in [1.54, 1.807) is 37.2 Å². The SMILES string of the molecule is O=[N+]([O-])c1ccc(OP(=O)([O-])[O-])c([N+](=O)[O-])c1.O=[N+]([O-])c1ccc(OP(=O)([O-])[O-])c([N+](=O)[O-])c1.[O-][C@@H](CNCc1ccccn1)CN(Cc1ccccn1)Cc1ccccn1.[O-][C@H](CNCc1ccccn1)CN(Cc1ccccn1)Cc1ccccn1.[O-][Cl+3]([O-])([O-])[O-].[O-][Cl+3]([O-])([O-])[O-].[Zn+2].[Zn+2].[Zn+2].[Zn+2]. The van der Waals surface area contributed by atoms with Crippen LogP contribution in [0.2, 0.25) is 0 Å². The van der Waals surface area contributed by atoms with Crippen LogP contribution in [0.25, 0.3) is 0 Å². The number of phosphoric acid groups is 2. The van der Waals surface area contributed by atoms with E-state index in [0.29, 0.717) is 89.7 Å². The Morgan fingerprint density at radius 2 is 0.627 bits per heavy atom. The minimum atomic E-state index is -5.47.